The van der Waals surface area contributed by atoms with Crippen molar-refractivity contribution in [3.05, 3.63) is 54.1 Å². The number of fused-ring (bicyclic) bond motifs is 1. The number of aliphatic hydroxyl groups excluding tert-OH is 1. The van der Waals surface area contributed by atoms with Gasteiger partial charge < -0.3 is 24.8 Å². The maximum absolute atomic E-state index is 12.9. The van der Waals surface area contributed by atoms with E-state index in [1.165, 1.54) is 7.11 Å². The smallest absolute Gasteiger partial charge is 0.168 e. The number of benzene rings is 3. The molecule has 6 nitrogen and oxygen atoms in total. The lowest BCUT2D eigenvalue weighted by molar-refractivity contribution is -0.135. The van der Waals surface area contributed by atoms with Gasteiger partial charge in [-0.15, -0.1) is 0 Å². The second-order valence-corrected chi connectivity index (χ2v) is 9.75. The number of aromatic hydroxyl groups is 2. The highest BCUT2D eigenvalue weighted by Gasteiger charge is 2.31. The minimum absolute atomic E-state index is 0.0299. The number of phenolic OH excluding ortho intramolecular Hbond substituents is 2. The number of hydrogen-bond acceptors (Lipinski definition) is 6. The number of rotatable bonds is 8. The molecule has 1 heterocycles. The van der Waals surface area contributed by atoms with Crippen molar-refractivity contribution in [1.29, 1.82) is 0 Å². The van der Waals surface area contributed by atoms with Crippen LogP contribution in [0.5, 0.6) is 17.2 Å². The molecule has 0 aliphatic carbocycles. The van der Waals surface area contributed by atoms with Gasteiger partial charge in [-0.2, -0.15) is 0 Å². The van der Waals surface area contributed by atoms with E-state index >= 15 is 0 Å². The van der Waals surface area contributed by atoms with Gasteiger partial charge in [0.1, 0.15) is 11.5 Å². The minimum atomic E-state index is -0.550. The van der Waals surface area contributed by atoms with E-state index < -0.39 is 6.10 Å². The first-order valence-electron chi connectivity index (χ1n) is 12.2. The summed E-state index contributed by atoms with van der Waals surface area (Å²) in [5.74, 6) is 1.08. The summed E-state index contributed by atoms with van der Waals surface area (Å²) in [7, 11) is 1.51. The lowest BCUT2D eigenvalue weighted by atomic mass is 9.88. The van der Waals surface area contributed by atoms with Crippen molar-refractivity contribution < 1.29 is 29.6 Å². The first-order chi connectivity index (χ1) is 16.7. The highest BCUT2D eigenvalue weighted by molar-refractivity contribution is 5.90. The van der Waals surface area contributed by atoms with Crippen LogP contribution in [0.2, 0.25) is 0 Å². The van der Waals surface area contributed by atoms with Crippen molar-refractivity contribution >= 4 is 16.6 Å². The quantitative estimate of drug-likeness (QED) is 0.402. The summed E-state index contributed by atoms with van der Waals surface area (Å²) in [6.45, 7) is 3.86. The van der Waals surface area contributed by atoms with E-state index in [1.807, 2.05) is 30.3 Å². The topological polar surface area (TPSA) is 96.2 Å². The van der Waals surface area contributed by atoms with Crippen LogP contribution < -0.4 is 4.74 Å². The number of carbonyl (C=O) groups excluding carboxylic acids is 1. The molecule has 0 amide bonds. The molecule has 1 saturated heterocycles. The fraction of sp³-hybridized carbons (Fsp3) is 0.414. The predicted octanol–water partition coefficient (Wildman–Crippen LogP) is 5.38. The molecule has 3 aromatic carbocycles. The van der Waals surface area contributed by atoms with E-state index in [0.717, 1.165) is 40.3 Å². The molecule has 35 heavy (non-hydrogen) atoms. The van der Waals surface area contributed by atoms with Gasteiger partial charge >= 0.3 is 0 Å². The van der Waals surface area contributed by atoms with Gasteiger partial charge in [-0.1, -0.05) is 31.2 Å². The van der Waals surface area contributed by atoms with E-state index in [1.54, 1.807) is 25.1 Å². The van der Waals surface area contributed by atoms with E-state index in [2.05, 4.69) is 6.92 Å². The number of aliphatic hydroxyl groups is 1. The number of Topliss-reactive ketones (excluding diaryl/α,β-unsaturated/α-hetero) is 1. The Morgan fingerprint density at radius 1 is 1.09 bits per heavy atom. The standard InChI is InChI=1S/C29H34O6/c1-17-12-25(35-27(13-17)18(2)30)16-24(32)10-7-20-8-11-26(33)29(34-3)28(20)21-5-4-19-6-9-23(31)15-22(19)14-21/h4-6,8-9,11,14-15,17-18,25,27,30-31,33H,7,10,12-13,16H2,1-3H3. The van der Waals surface area contributed by atoms with E-state index in [9.17, 15) is 20.1 Å². The summed E-state index contributed by atoms with van der Waals surface area (Å²) >= 11 is 0. The zero-order valence-corrected chi connectivity index (χ0v) is 20.5. The third-order valence-corrected chi connectivity index (χ3v) is 6.87. The van der Waals surface area contributed by atoms with Gasteiger partial charge in [0.15, 0.2) is 11.5 Å². The summed E-state index contributed by atoms with van der Waals surface area (Å²) in [6.07, 6.45) is 1.83. The molecule has 0 bridgehead atoms. The third kappa shape index (κ3) is 5.77. The second-order valence-electron chi connectivity index (χ2n) is 9.75. The third-order valence-electron chi connectivity index (χ3n) is 6.87. The first-order valence-corrected chi connectivity index (χ1v) is 12.2. The Balaban J connectivity index is 1.55. The average Bonchev–Trinajstić information content (AvgIpc) is 2.82. The molecule has 1 fully saturated rings. The molecule has 4 rings (SSSR count). The van der Waals surface area contributed by atoms with Gasteiger partial charge in [-0.3, -0.25) is 4.79 Å². The van der Waals surface area contributed by atoms with E-state index in [0.29, 0.717) is 30.9 Å². The minimum Gasteiger partial charge on any atom is -0.508 e. The lowest BCUT2D eigenvalue weighted by Gasteiger charge is -2.35. The maximum atomic E-state index is 12.9. The molecule has 0 saturated carbocycles. The van der Waals surface area contributed by atoms with Gasteiger partial charge in [-0.25, -0.2) is 0 Å². The van der Waals surface area contributed by atoms with Crippen molar-refractivity contribution in [1.82, 2.24) is 0 Å². The van der Waals surface area contributed by atoms with Crippen molar-refractivity contribution in [3.8, 4) is 28.4 Å². The average molecular weight is 479 g/mol. The van der Waals surface area contributed by atoms with Crippen LogP contribution in [0.3, 0.4) is 0 Å². The number of ether oxygens (including phenoxy) is 2. The Bertz CT molecular complexity index is 1200. The Morgan fingerprint density at radius 3 is 2.60 bits per heavy atom. The SMILES string of the molecule is COc1c(O)ccc(CCC(=O)CC2CC(C)CC(C(C)O)O2)c1-c1ccc2ccc(O)cc2c1. The van der Waals surface area contributed by atoms with Crippen LogP contribution in [0.25, 0.3) is 21.9 Å². The Labute approximate surface area is 206 Å². The summed E-state index contributed by atoms with van der Waals surface area (Å²) < 4.78 is 11.5. The molecule has 1 aliphatic rings. The highest BCUT2D eigenvalue weighted by atomic mass is 16.5. The van der Waals surface area contributed by atoms with Crippen LogP contribution in [-0.4, -0.2) is 46.5 Å². The van der Waals surface area contributed by atoms with Crippen molar-refractivity contribution in [3.63, 3.8) is 0 Å². The Morgan fingerprint density at radius 2 is 1.86 bits per heavy atom. The fourth-order valence-corrected chi connectivity index (χ4v) is 5.11. The van der Waals surface area contributed by atoms with Gasteiger partial charge in [0.25, 0.3) is 0 Å². The largest absolute Gasteiger partial charge is 0.508 e. The summed E-state index contributed by atoms with van der Waals surface area (Å²) in [4.78, 5) is 12.9. The predicted molar refractivity (Wildman–Crippen MR) is 136 cm³/mol. The molecule has 3 aromatic rings. The molecule has 4 atom stereocenters. The van der Waals surface area contributed by atoms with E-state index in [-0.39, 0.29) is 29.5 Å². The number of carbonyl (C=O) groups is 1. The molecular weight excluding hydrogens is 444 g/mol. The van der Waals surface area contributed by atoms with Crippen molar-refractivity contribution in [2.75, 3.05) is 7.11 Å². The Kier molecular flexibility index (Phi) is 7.63. The first kappa shape index (κ1) is 25.0. The van der Waals surface area contributed by atoms with Crippen LogP contribution in [0.1, 0.15) is 45.1 Å². The Hall–Kier alpha value is -3.09. The molecular formula is C29H34O6. The lowest BCUT2D eigenvalue weighted by Crippen LogP contribution is -2.39. The second kappa shape index (κ2) is 10.7. The van der Waals surface area contributed by atoms with Crippen LogP contribution in [0.4, 0.5) is 0 Å². The van der Waals surface area contributed by atoms with Crippen LogP contribution in [-0.2, 0) is 16.0 Å². The van der Waals surface area contributed by atoms with Gasteiger partial charge in [-0.05, 0) is 78.3 Å². The molecule has 0 spiro atoms. The normalized spacial score (nSPS) is 21.1. The molecule has 1 aliphatic heterocycles. The molecule has 6 heteroatoms. The zero-order valence-electron chi connectivity index (χ0n) is 20.5. The van der Waals surface area contributed by atoms with Crippen molar-refractivity contribution in [2.45, 2.75) is 64.3 Å². The summed E-state index contributed by atoms with van der Waals surface area (Å²) in [5.41, 5.74) is 2.47. The molecule has 0 aromatic heterocycles. The molecule has 0 radical (unpaired) electrons. The van der Waals surface area contributed by atoms with Crippen LogP contribution >= 0.6 is 0 Å². The van der Waals surface area contributed by atoms with Gasteiger partial charge in [0.05, 0.1) is 25.4 Å². The number of phenols is 2. The number of aryl methyl sites for hydroxylation is 1. The molecule has 3 N–H and O–H groups in total. The number of hydrogen-bond donors (Lipinski definition) is 3. The van der Waals surface area contributed by atoms with Gasteiger partial charge in [0.2, 0.25) is 0 Å². The highest BCUT2D eigenvalue weighted by Crippen LogP contribution is 2.41. The monoisotopic (exact) mass is 478 g/mol. The van der Waals surface area contributed by atoms with Gasteiger partial charge in [0, 0.05) is 18.4 Å². The molecule has 186 valence electrons. The maximum Gasteiger partial charge on any atom is 0.168 e. The van der Waals surface area contributed by atoms with Crippen molar-refractivity contribution in [2.24, 2.45) is 5.92 Å². The fourth-order valence-electron chi connectivity index (χ4n) is 5.11. The van der Waals surface area contributed by atoms with E-state index in [4.69, 9.17) is 9.47 Å². The zero-order chi connectivity index (χ0) is 25.1. The van der Waals surface area contributed by atoms with Crippen LogP contribution in [0.15, 0.2) is 48.5 Å². The summed E-state index contributed by atoms with van der Waals surface area (Å²) in [5, 5.41) is 32.1. The number of methoxy groups -OCH3 is 1. The molecule has 4 unspecified atom stereocenters. The van der Waals surface area contributed by atoms with Crippen LogP contribution in [0, 0.1) is 5.92 Å². The summed E-state index contributed by atoms with van der Waals surface area (Å²) in [6, 6.07) is 14.5. The number of ketones is 1.